The van der Waals surface area contributed by atoms with Gasteiger partial charge in [0.25, 0.3) is 0 Å². The Labute approximate surface area is 52.6 Å². The summed E-state index contributed by atoms with van der Waals surface area (Å²) >= 11 is 0. The van der Waals surface area contributed by atoms with E-state index in [1.807, 2.05) is 0 Å². The van der Waals surface area contributed by atoms with Gasteiger partial charge in [0.05, 0.1) is 6.61 Å². The van der Waals surface area contributed by atoms with Gasteiger partial charge in [0.1, 0.15) is 5.69 Å². The van der Waals surface area contributed by atoms with Gasteiger partial charge in [-0.25, -0.2) is 4.98 Å². The van der Waals surface area contributed by atoms with Crippen LogP contribution in [-0.2, 0) is 0 Å². The minimum absolute atomic E-state index is 0.402. The molecule has 0 N–H and O–H groups in total. The highest BCUT2D eigenvalue weighted by atomic mass is 16.6. The molecule has 1 aliphatic heterocycles. The third kappa shape index (κ3) is 0.542. The number of hydrogen-bond donors (Lipinski definition) is 0. The molecule has 0 saturated carbocycles. The highest BCUT2D eigenvalue weighted by Gasteiger charge is 2.24. The molecule has 0 unspecified atom stereocenters. The average Bonchev–Trinajstić information content (AvgIpc) is 2.35. The molecule has 0 saturated heterocycles. The zero-order valence-electron chi connectivity index (χ0n) is 5.13. The van der Waals surface area contributed by atoms with E-state index in [9.17, 15) is 0 Å². The maximum atomic E-state index is 5.12. The van der Waals surface area contributed by atoms with Crippen LogP contribution in [0.1, 0.15) is 18.5 Å². The first-order chi connectivity index (χ1) is 4.38. The van der Waals surface area contributed by atoms with Gasteiger partial charge in [-0.2, -0.15) is 0 Å². The predicted molar refractivity (Wildman–Crippen MR) is 30.4 cm³/mol. The van der Waals surface area contributed by atoms with Crippen molar-refractivity contribution < 1.29 is 9.15 Å². The largest absolute Gasteiger partial charge is 0.463 e. The molecule has 0 spiro atoms. The molecular weight excluding hydrogens is 118 g/mol. The molecule has 9 heavy (non-hydrogen) atoms. The summed E-state index contributed by atoms with van der Waals surface area (Å²) in [7, 11) is 0. The summed E-state index contributed by atoms with van der Waals surface area (Å²) in [5, 5.41) is 0. The molecule has 0 radical (unpaired) electrons. The summed E-state index contributed by atoms with van der Waals surface area (Å²) in [5.41, 5.74) is 0.954. The summed E-state index contributed by atoms with van der Waals surface area (Å²) in [4.78, 5) is 3.99. The van der Waals surface area contributed by atoms with Gasteiger partial charge in [-0.15, -0.1) is 0 Å². The van der Waals surface area contributed by atoms with Crippen molar-refractivity contribution in [1.82, 2.24) is 4.98 Å². The van der Waals surface area contributed by atoms with Crippen LogP contribution in [0, 0.1) is 0 Å². The van der Waals surface area contributed by atoms with Crippen LogP contribution >= 0.6 is 0 Å². The Balaban J connectivity index is 2.49. The summed E-state index contributed by atoms with van der Waals surface area (Å²) in [6.45, 7) is 2.77. The molecule has 48 valence electrons. The molecule has 3 nitrogen and oxygen atoms in total. The lowest BCUT2D eigenvalue weighted by Gasteiger charge is -1.92. The summed E-state index contributed by atoms with van der Waals surface area (Å²) in [5.74, 6) is 1.00. The lowest BCUT2D eigenvalue weighted by Crippen LogP contribution is -1.95. The Bertz CT molecular complexity index is 219. The quantitative estimate of drug-likeness (QED) is 0.522. The van der Waals surface area contributed by atoms with Crippen LogP contribution in [0.25, 0.3) is 0 Å². The SMILES string of the molecule is C[C@H]1COc2ocnc21. The van der Waals surface area contributed by atoms with Crippen LogP contribution in [0.5, 0.6) is 5.95 Å². The van der Waals surface area contributed by atoms with E-state index in [1.165, 1.54) is 6.39 Å². The first-order valence-electron chi connectivity index (χ1n) is 2.94. The molecule has 0 aromatic carbocycles. The monoisotopic (exact) mass is 125 g/mol. The van der Waals surface area contributed by atoms with Gasteiger partial charge in [0.15, 0.2) is 6.39 Å². The summed E-state index contributed by atoms with van der Waals surface area (Å²) < 4.78 is 10.0. The molecule has 2 rings (SSSR count). The van der Waals surface area contributed by atoms with Crippen molar-refractivity contribution in [2.24, 2.45) is 0 Å². The molecule has 3 heteroatoms. The smallest absolute Gasteiger partial charge is 0.308 e. The van der Waals surface area contributed by atoms with E-state index < -0.39 is 0 Å². The molecule has 0 aliphatic carbocycles. The molecular formula is C6H7NO2. The lowest BCUT2D eigenvalue weighted by atomic mass is 10.2. The maximum Gasteiger partial charge on any atom is 0.308 e. The molecule has 0 fully saturated rings. The third-order valence-electron chi connectivity index (χ3n) is 1.49. The van der Waals surface area contributed by atoms with Gasteiger partial charge < -0.3 is 9.15 Å². The number of hydrogen-bond acceptors (Lipinski definition) is 3. The van der Waals surface area contributed by atoms with Crippen molar-refractivity contribution in [1.29, 1.82) is 0 Å². The second kappa shape index (κ2) is 1.50. The van der Waals surface area contributed by atoms with E-state index in [0.717, 1.165) is 5.69 Å². The van der Waals surface area contributed by atoms with Gasteiger partial charge >= 0.3 is 5.95 Å². The van der Waals surface area contributed by atoms with Crippen LogP contribution in [0.15, 0.2) is 10.8 Å². The van der Waals surface area contributed by atoms with Gasteiger partial charge in [0.2, 0.25) is 0 Å². The Morgan fingerprint density at radius 1 is 1.78 bits per heavy atom. The van der Waals surface area contributed by atoms with Crippen molar-refractivity contribution in [3.8, 4) is 5.95 Å². The van der Waals surface area contributed by atoms with Crippen LogP contribution in [0.3, 0.4) is 0 Å². The zero-order chi connectivity index (χ0) is 6.27. The fourth-order valence-corrected chi connectivity index (χ4v) is 0.960. The number of rotatable bonds is 0. The predicted octanol–water partition coefficient (Wildman–Crippen LogP) is 1.17. The molecule has 0 amide bonds. The number of oxazole rings is 1. The van der Waals surface area contributed by atoms with E-state index >= 15 is 0 Å². The Kier molecular flexibility index (Phi) is 0.806. The van der Waals surface area contributed by atoms with Crippen molar-refractivity contribution in [3.05, 3.63) is 12.1 Å². The average molecular weight is 125 g/mol. The highest BCUT2D eigenvalue weighted by molar-refractivity contribution is 5.22. The fraction of sp³-hybridized carbons (Fsp3) is 0.500. The molecule has 2 heterocycles. The first-order valence-corrected chi connectivity index (χ1v) is 2.94. The molecule has 1 atom stereocenters. The second-order valence-corrected chi connectivity index (χ2v) is 2.24. The minimum atomic E-state index is 0.402. The number of fused-ring (bicyclic) bond motifs is 1. The van der Waals surface area contributed by atoms with Gasteiger partial charge in [-0.3, -0.25) is 0 Å². The first kappa shape index (κ1) is 4.85. The maximum absolute atomic E-state index is 5.12. The van der Waals surface area contributed by atoms with Gasteiger partial charge in [-0.1, -0.05) is 6.92 Å². The van der Waals surface area contributed by atoms with Gasteiger partial charge in [0, 0.05) is 5.92 Å². The molecule has 1 aromatic rings. The zero-order valence-corrected chi connectivity index (χ0v) is 5.13. The van der Waals surface area contributed by atoms with Crippen LogP contribution in [0.2, 0.25) is 0 Å². The number of nitrogens with zero attached hydrogens (tertiary/aromatic N) is 1. The van der Waals surface area contributed by atoms with E-state index in [-0.39, 0.29) is 0 Å². The summed E-state index contributed by atoms with van der Waals surface area (Å²) in [6, 6.07) is 0. The Hall–Kier alpha value is -0.990. The Morgan fingerprint density at radius 2 is 2.67 bits per heavy atom. The van der Waals surface area contributed by atoms with Crippen LogP contribution in [0.4, 0.5) is 0 Å². The third-order valence-corrected chi connectivity index (χ3v) is 1.49. The molecule has 0 bridgehead atoms. The van der Waals surface area contributed by atoms with E-state index in [1.54, 1.807) is 0 Å². The van der Waals surface area contributed by atoms with Crippen LogP contribution in [-0.4, -0.2) is 11.6 Å². The van der Waals surface area contributed by atoms with Crippen molar-refractivity contribution in [2.75, 3.05) is 6.61 Å². The number of ether oxygens (including phenoxy) is 1. The van der Waals surface area contributed by atoms with E-state index in [4.69, 9.17) is 9.15 Å². The normalized spacial score (nSPS) is 23.4. The summed E-state index contributed by atoms with van der Waals surface area (Å²) in [6.07, 6.45) is 1.42. The standard InChI is InChI=1S/C6H7NO2/c1-4-2-8-6-5(4)7-3-9-6/h3-4H,2H2,1H3/t4-/m0/s1. The lowest BCUT2D eigenvalue weighted by molar-refractivity contribution is 0.262. The fourth-order valence-electron chi connectivity index (χ4n) is 0.960. The van der Waals surface area contributed by atoms with Crippen molar-refractivity contribution in [3.63, 3.8) is 0 Å². The number of aromatic nitrogens is 1. The van der Waals surface area contributed by atoms with E-state index in [0.29, 0.717) is 18.5 Å². The van der Waals surface area contributed by atoms with Crippen molar-refractivity contribution in [2.45, 2.75) is 12.8 Å². The molecule has 1 aliphatic rings. The second-order valence-electron chi connectivity index (χ2n) is 2.24. The minimum Gasteiger partial charge on any atom is -0.463 e. The van der Waals surface area contributed by atoms with E-state index in [2.05, 4.69) is 11.9 Å². The van der Waals surface area contributed by atoms with Crippen molar-refractivity contribution >= 4 is 0 Å². The topological polar surface area (TPSA) is 35.3 Å². The highest BCUT2D eigenvalue weighted by Crippen LogP contribution is 2.31. The van der Waals surface area contributed by atoms with Gasteiger partial charge in [-0.05, 0) is 0 Å². The van der Waals surface area contributed by atoms with Crippen LogP contribution < -0.4 is 4.74 Å². The Morgan fingerprint density at radius 3 is 3.44 bits per heavy atom. The molecule has 1 aromatic heterocycles.